The van der Waals surface area contributed by atoms with Gasteiger partial charge in [-0.15, -0.1) is 0 Å². The van der Waals surface area contributed by atoms with Gasteiger partial charge in [-0.2, -0.15) is 0 Å². The van der Waals surface area contributed by atoms with Crippen molar-refractivity contribution < 1.29 is 28.2 Å². The molecule has 1 aromatic heterocycles. The van der Waals surface area contributed by atoms with E-state index >= 15 is 0 Å². The molecule has 24 heavy (non-hydrogen) atoms. The summed E-state index contributed by atoms with van der Waals surface area (Å²) in [7, 11) is 0. The summed E-state index contributed by atoms with van der Waals surface area (Å²) in [5.41, 5.74) is 0.316. The van der Waals surface area contributed by atoms with E-state index in [9.17, 15) is 14.0 Å². The molecule has 0 aliphatic rings. The number of nitrogens with one attached hydrogen (secondary N) is 1. The van der Waals surface area contributed by atoms with Gasteiger partial charge < -0.3 is 19.6 Å². The van der Waals surface area contributed by atoms with Crippen LogP contribution in [0.4, 0.5) is 10.1 Å². The summed E-state index contributed by atoms with van der Waals surface area (Å²) >= 11 is 0. The van der Waals surface area contributed by atoms with Gasteiger partial charge >= 0.3 is 5.97 Å². The summed E-state index contributed by atoms with van der Waals surface area (Å²) in [5, 5.41) is 11.3. The van der Waals surface area contributed by atoms with Gasteiger partial charge in [-0.05, 0) is 19.1 Å². The Kier molecular flexibility index (Phi) is 5.18. The lowest BCUT2D eigenvalue weighted by Gasteiger charge is -2.12. The molecule has 7 nitrogen and oxygen atoms in total. The van der Waals surface area contributed by atoms with Crippen molar-refractivity contribution in [2.45, 2.75) is 32.8 Å². The molecule has 0 spiro atoms. The quantitative estimate of drug-likeness (QED) is 0.841. The number of rotatable bonds is 6. The van der Waals surface area contributed by atoms with E-state index < -0.39 is 23.8 Å². The number of nitrogens with zero attached hydrogens (tertiary/aromatic N) is 1. The van der Waals surface area contributed by atoms with Crippen molar-refractivity contribution in [3.63, 3.8) is 0 Å². The molecule has 1 aromatic carbocycles. The first-order chi connectivity index (χ1) is 11.3. The van der Waals surface area contributed by atoms with Crippen LogP contribution in [0.5, 0.6) is 5.75 Å². The number of oxazole rings is 1. The summed E-state index contributed by atoms with van der Waals surface area (Å²) in [6, 6.07) is 3.69. The number of halogens is 1. The molecule has 1 amide bonds. The minimum atomic E-state index is -1.21. The van der Waals surface area contributed by atoms with Crippen LogP contribution in [0.15, 0.2) is 29.0 Å². The molecule has 0 radical (unpaired) electrons. The van der Waals surface area contributed by atoms with Crippen LogP contribution in [-0.4, -0.2) is 28.1 Å². The van der Waals surface area contributed by atoms with E-state index in [2.05, 4.69) is 10.3 Å². The molecule has 0 aliphatic carbocycles. The van der Waals surface area contributed by atoms with Crippen molar-refractivity contribution in [3.8, 4) is 5.75 Å². The highest BCUT2D eigenvalue weighted by atomic mass is 19.1. The number of carbonyl (C=O) groups is 2. The monoisotopic (exact) mass is 336 g/mol. The number of anilines is 1. The highest BCUT2D eigenvalue weighted by Crippen LogP contribution is 2.24. The van der Waals surface area contributed by atoms with E-state index in [4.69, 9.17) is 14.3 Å². The van der Waals surface area contributed by atoms with Crippen molar-refractivity contribution in [2.24, 2.45) is 0 Å². The number of ether oxygens (including phenoxy) is 1. The van der Waals surface area contributed by atoms with Gasteiger partial charge in [0.1, 0.15) is 5.76 Å². The number of hydrogen-bond acceptors (Lipinski definition) is 5. The second kappa shape index (κ2) is 7.12. The fourth-order valence-electron chi connectivity index (χ4n) is 1.94. The first-order valence-electron chi connectivity index (χ1n) is 7.23. The Morgan fingerprint density at radius 2 is 2.04 bits per heavy atom. The lowest BCUT2D eigenvalue weighted by Crippen LogP contribution is -2.23. The Labute approximate surface area is 137 Å². The number of carboxylic acid groups (broad SMARTS) is 1. The Morgan fingerprint density at radius 1 is 1.33 bits per heavy atom. The maximum Gasteiger partial charge on any atom is 0.344 e. The third-order valence-electron chi connectivity index (χ3n) is 3.18. The van der Waals surface area contributed by atoms with Crippen LogP contribution in [0.3, 0.4) is 0 Å². The first kappa shape index (κ1) is 17.5. The van der Waals surface area contributed by atoms with Crippen LogP contribution < -0.4 is 10.1 Å². The Balaban J connectivity index is 2.13. The second-order valence-electron chi connectivity index (χ2n) is 5.42. The first-order valence-corrected chi connectivity index (χ1v) is 7.23. The van der Waals surface area contributed by atoms with Crippen LogP contribution >= 0.6 is 0 Å². The number of carbonyl (C=O) groups excluding carboxylic acids is 1. The normalized spacial score (nSPS) is 12.0. The number of aromatic nitrogens is 1. The largest absolute Gasteiger partial charge is 0.479 e. The van der Waals surface area contributed by atoms with Gasteiger partial charge in [-0.3, -0.25) is 4.79 Å². The zero-order chi connectivity index (χ0) is 17.9. The smallest absolute Gasteiger partial charge is 0.344 e. The standard InChI is InChI=1S/C16H17FN2O5/c1-8(2)14-13(18-7-23-14)15(20)19-10-4-5-12(11(17)6-10)24-9(3)16(21)22/h4-9H,1-3H3,(H,19,20)(H,21,22). The van der Waals surface area contributed by atoms with Crippen LogP contribution in [-0.2, 0) is 4.79 Å². The van der Waals surface area contributed by atoms with E-state index in [0.29, 0.717) is 5.76 Å². The van der Waals surface area contributed by atoms with E-state index in [0.717, 1.165) is 6.07 Å². The molecule has 2 rings (SSSR count). The summed E-state index contributed by atoms with van der Waals surface area (Å²) in [6.07, 6.45) is -0.0154. The number of benzene rings is 1. The van der Waals surface area contributed by atoms with Crippen molar-refractivity contribution >= 4 is 17.6 Å². The van der Waals surface area contributed by atoms with Crippen molar-refractivity contribution in [2.75, 3.05) is 5.32 Å². The fourth-order valence-corrected chi connectivity index (χ4v) is 1.94. The van der Waals surface area contributed by atoms with Crippen LogP contribution in [0.25, 0.3) is 0 Å². The molecule has 0 aliphatic heterocycles. The second-order valence-corrected chi connectivity index (χ2v) is 5.42. The number of hydrogen-bond donors (Lipinski definition) is 2. The van der Waals surface area contributed by atoms with Crippen molar-refractivity contribution in [1.82, 2.24) is 4.98 Å². The molecule has 0 fully saturated rings. The third kappa shape index (κ3) is 3.89. The summed E-state index contributed by atoms with van der Waals surface area (Å²) < 4.78 is 24.1. The van der Waals surface area contributed by atoms with Crippen LogP contribution in [0.1, 0.15) is 42.9 Å². The third-order valence-corrected chi connectivity index (χ3v) is 3.18. The SMILES string of the molecule is CC(Oc1ccc(NC(=O)c2ncoc2C(C)C)cc1F)C(=O)O. The Hall–Kier alpha value is -2.90. The number of amides is 1. The average Bonchev–Trinajstić information content (AvgIpc) is 2.99. The van der Waals surface area contributed by atoms with Crippen LogP contribution in [0.2, 0.25) is 0 Å². The molecule has 1 unspecified atom stereocenters. The topological polar surface area (TPSA) is 102 Å². The molecule has 0 bridgehead atoms. The molecule has 2 N–H and O–H groups in total. The van der Waals surface area contributed by atoms with Crippen LogP contribution in [0, 0.1) is 5.82 Å². The van der Waals surface area contributed by atoms with Crippen molar-refractivity contribution in [3.05, 3.63) is 41.9 Å². The predicted octanol–water partition coefficient (Wildman–Crippen LogP) is 3.04. The average molecular weight is 336 g/mol. The molecular weight excluding hydrogens is 319 g/mol. The lowest BCUT2D eigenvalue weighted by atomic mass is 10.1. The van der Waals surface area contributed by atoms with Gasteiger partial charge in [-0.25, -0.2) is 14.2 Å². The molecule has 1 heterocycles. The molecule has 0 saturated heterocycles. The van der Waals surface area contributed by atoms with Gasteiger partial charge in [-0.1, -0.05) is 13.8 Å². The summed E-state index contributed by atoms with van der Waals surface area (Å²) in [6.45, 7) is 4.99. The van der Waals surface area contributed by atoms with Gasteiger partial charge in [0.2, 0.25) is 0 Å². The molecular formula is C16H17FN2O5. The molecule has 128 valence electrons. The summed E-state index contributed by atoms with van der Waals surface area (Å²) in [4.78, 5) is 26.8. The predicted molar refractivity (Wildman–Crippen MR) is 82.7 cm³/mol. The molecule has 2 aromatic rings. The zero-order valence-corrected chi connectivity index (χ0v) is 13.4. The number of carboxylic acids is 1. The van der Waals surface area contributed by atoms with E-state index in [1.807, 2.05) is 13.8 Å². The minimum Gasteiger partial charge on any atom is -0.479 e. The van der Waals surface area contributed by atoms with Gasteiger partial charge in [0.25, 0.3) is 5.91 Å². The van der Waals surface area contributed by atoms with Gasteiger partial charge in [0, 0.05) is 17.7 Å². The minimum absolute atomic E-state index is 0.0294. The van der Waals surface area contributed by atoms with Gasteiger partial charge in [0.15, 0.2) is 29.8 Å². The Morgan fingerprint density at radius 3 is 2.62 bits per heavy atom. The Bertz CT molecular complexity index is 757. The number of aliphatic carboxylic acids is 1. The van der Waals surface area contributed by atoms with Crippen molar-refractivity contribution in [1.29, 1.82) is 0 Å². The fraction of sp³-hybridized carbons (Fsp3) is 0.312. The molecule has 8 heteroatoms. The lowest BCUT2D eigenvalue weighted by molar-refractivity contribution is -0.144. The highest BCUT2D eigenvalue weighted by molar-refractivity contribution is 6.03. The van der Waals surface area contributed by atoms with E-state index in [-0.39, 0.29) is 23.0 Å². The highest BCUT2D eigenvalue weighted by Gasteiger charge is 2.20. The maximum absolute atomic E-state index is 14.0. The maximum atomic E-state index is 14.0. The summed E-state index contributed by atoms with van der Waals surface area (Å²) in [5.74, 6) is -2.34. The zero-order valence-electron chi connectivity index (χ0n) is 13.4. The van der Waals surface area contributed by atoms with E-state index in [1.54, 1.807) is 0 Å². The van der Waals surface area contributed by atoms with E-state index in [1.165, 1.54) is 25.5 Å². The molecule has 0 saturated carbocycles. The van der Waals surface area contributed by atoms with Gasteiger partial charge in [0.05, 0.1) is 0 Å². The molecule has 1 atom stereocenters.